The SMILES string of the molecule is CN(C)CCN(C)CC(=O)Nc1ccccn1. The first-order valence-electron chi connectivity index (χ1n) is 5.62. The van der Waals surface area contributed by atoms with Crippen molar-refractivity contribution < 1.29 is 4.79 Å². The molecule has 1 aromatic rings. The summed E-state index contributed by atoms with van der Waals surface area (Å²) < 4.78 is 0. The molecule has 0 aromatic carbocycles. The van der Waals surface area contributed by atoms with Gasteiger partial charge in [0.15, 0.2) is 0 Å². The predicted octanol–water partition coefficient (Wildman–Crippen LogP) is 0.513. The van der Waals surface area contributed by atoms with Crippen molar-refractivity contribution in [3.05, 3.63) is 24.4 Å². The van der Waals surface area contributed by atoms with Gasteiger partial charge in [0, 0.05) is 19.3 Å². The fourth-order valence-corrected chi connectivity index (χ4v) is 1.31. The molecule has 17 heavy (non-hydrogen) atoms. The molecule has 0 saturated carbocycles. The number of pyridine rings is 1. The second-order valence-corrected chi connectivity index (χ2v) is 4.30. The standard InChI is InChI=1S/C12H20N4O/c1-15(2)8-9-16(3)10-12(17)14-11-6-4-5-7-13-11/h4-7H,8-10H2,1-3H3,(H,13,14,17). The van der Waals surface area contributed by atoms with Crippen molar-refractivity contribution in [1.82, 2.24) is 14.8 Å². The number of rotatable bonds is 6. The number of carbonyl (C=O) groups is 1. The molecule has 5 heteroatoms. The zero-order valence-corrected chi connectivity index (χ0v) is 10.7. The van der Waals surface area contributed by atoms with E-state index in [1.807, 2.05) is 38.2 Å². The van der Waals surface area contributed by atoms with Crippen molar-refractivity contribution in [3.8, 4) is 0 Å². The Bertz CT molecular complexity index is 340. The van der Waals surface area contributed by atoms with E-state index in [-0.39, 0.29) is 5.91 Å². The molecule has 1 N–H and O–H groups in total. The largest absolute Gasteiger partial charge is 0.310 e. The summed E-state index contributed by atoms with van der Waals surface area (Å²) in [6, 6.07) is 5.44. The highest BCUT2D eigenvalue weighted by Crippen LogP contribution is 1.99. The molecule has 0 radical (unpaired) electrons. The molecule has 1 heterocycles. The first-order chi connectivity index (χ1) is 8.08. The van der Waals surface area contributed by atoms with Gasteiger partial charge in [-0.1, -0.05) is 6.07 Å². The van der Waals surface area contributed by atoms with Crippen molar-refractivity contribution in [2.75, 3.05) is 46.1 Å². The topological polar surface area (TPSA) is 48.5 Å². The van der Waals surface area contributed by atoms with Crippen LogP contribution in [0.5, 0.6) is 0 Å². The summed E-state index contributed by atoms with van der Waals surface area (Å²) >= 11 is 0. The zero-order valence-electron chi connectivity index (χ0n) is 10.7. The number of hydrogen-bond donors (Lipinski definition) is 1. The zero-order chi connectivity index (χ0) is 12.7. The van der Waals surface area contributed by atoms with Gasteiger partial charge >= 0.3 is 0 Å². The van der Waals surface area contributed by atoms with Crippen molar-refractivity contribution in [2.45, 2.75) is 0 Å². The summed E-state index contributed by atoms with van der Waals surface area (Å²) in [5.41, 5.74) is 0. The molecule has 1 amide bonds. The Kier molecular flexibility index (Phi) is 5.59. The van der Waals surface area contributed by atoms with Crippen LogP contribution in [0.4, 0.5) is 5.82 Å². The Hall–Kier alpha value is -1.46. The fraction of sp³-hybridized carbons (Fsp3) is 0.500. The Morgan fingerprint density at radius 3 is 2.65 bits per heavy atom. The summed E-state index contributed by atoms with van der Waals surface area (Å²) in [4.78, 5) is 19.8. The molecule has 0 bridgehead atoms. The molecule has 5 nitrogen and oxygen atoms in total. The Balaban J connectivity index is 2.29. The van der Waals surface area contributed by atoms with Crippen LogP contribution in [0.25, 0.3) is 0 Å². The maximum absolute atomic E-state index is 11.7. The average molecular weight is 236 g/mol. The Labute approximate surface area is 102 Å². The number of anilines is 1. The maximum atomic E-state index is 11.7. The maximum Gasteiger partial charge on any atom is 0.239 e. The van der Waals surface area contributed by atoms with E-state index in [0.717, 1.165) is 13.1 Å². The Morgan fingerprint density at radius 2 is 2.06 bits per heavy atom. The van der Waals surface area contributed by atoms with Gasteiger partial charge in [0.2, 0.25) is 5.91 Å². The van der Waals surface area contributed by atoms with E-state index < -0.39 is 0 Å². The van der Waals surface area contributed by atoms with Crippen LogP contribution < -0.4 is 5.32 Å². The lowest BCUT2D eigenvalue weighted by Crippen LogP contribution is -2.35. The monoisotopic (exact) mass is 236 g/mol. The first-order valence-corrected chi connectivity index (χ1v) is 5.62. The van der Waals surface area contributed by atoms with Crippen LogP contribution in [0.2, 0.25) is 0 Å². The molecule has 1 rings (SSSR count). The second kappa shape index (κ2) is 6.98. The van der Waals surface area contributed by atoms with E-state index in [1.165, 1.54) is 0 Å². The first kappa shape index (κ1) is 13.6. The molecule has 0 aliphatic heterocycles. The molecular weight excluding hydrogens is 216 g/mol. The quantitative estimate of drug-likeness (QED) is 0.782. The van der Waals surface area contributed by atoms with E-state index in [4.69, 9.17) is 0 Å². The fourth-order valence-electron chi connectivity index (χ4n) is 1.31. The number of hydrogen-bond acceptors (Lipinski definition) is 4. The van der Waals surface area contributed by atoms with E-state index in [1.54, 1.807) is 12.3 Å². The average Bonchev–Trinajstić information content (AvgIpc) is 2.27. The summed E-state index contributed by atoms with van der Waals surface area (Å²) in [6.45, 7) is 2.18. The van der Waals surface area contributed by atoms with Gasteiger partial charge in [-0.2, -0.15) is 0 Å². The molecule has 1 aromatic heterocycles. The third-order valence-electron chi connectivity index (χ3n) is 2.27. The highest BCUT2D eigenvalue weighted by Gasteiger charge is 2.07. The van der Waals surface area contributed by atoms with E-state index in [0.29, 0.717) is 12.4 Å². The van der Waals surface area contributed by atoms with Crippen LogP contribution in [0.1, 0.15) is 0 Å². The minimum absolute atomic E-state index is 0.0371. The van der Waals surface area contributed by atoms with Crippen LogP contribution >= 0.6 is 0 Å². The lowest BCUT2D eigenvalue weighted by atomic mass is 10.4. The van der Waals surface area contributed by atoms with Crippen LogP contribution in [-0.4, -0.2) is 61.5 Å². The van der Waals surface area contributed by atoms with Gasteiger partial charge in [0.05, 0.1) is 6.54 Å². The van der Waals surface area contributed by atoms with Crippen LogP contribution in [0, 0.1) is 0 Å². The highest BCUT2D eigenvalue weighted by atomic mass is 16.2. The van der Waals surface area contributed by atoms with E-state index in [2.05, 4.69) is 15.2 Å². The van der Waals surface area contributed by atoms with Crippen molar-refractivity contribution in [3.63, 3.8) is 0 Å². The van der Waals surface area contributed by atoms with Gasteiger partial charge in [-0.3, -0.25) is 9.69 Å². The molecule has 0 atom stereocenters. The van der Waals surface area contributed by atoms with Crippen LogP contribution in [0.3, 0.4) is 0 Å². The van der Waals surface area contributed by atoms with Gasteiger partial charge < -0.3 is 10.2 Å². The Morgan fingerprint density at radius 1 is 1.29 bits per heavy atom. The second-order valence-electron chi connectivity index (χ2n) is 4.30. The highest BCUT2D eigenvalue weighted by molar-refractivity contribution is 5.91. The summed E-state index contributed by atoms with van der Waals surface area (Å²) in [6.07, 6.45) is 1.66. The number of carbonyl (C=O) groups excluding carboxylic acids is 1. The summed E-state index contributed by atoms with van der Waals surface area (Å²) in [7, 11) is 5.96. The molecule has 0 unspecified atom stereocenters. The number of amides is 1. The summed E-state index contributed by atoms with van der Waals surface area (Å²) in [5, 5.41) is 2.76. The van der Waals surface area contributed by atoms with Gasteiger partial charge in [-0.15, -0.1) is 0 Å². The third-order valence-corrected chi connectivity index (χ3v) is 2.27. The van der Waals surface area contributed by atoms with E-state index >= 15 is 0 Å². The predicted molar refractivity (Wildman–Crippen MR) is 68.9 cm³/mol. The lowest BCUT2D eigenvalue weighted by Gasteiger charge is -2.18. The minimum atomic E-state index is -0.0371. The molecule has 0 saturated heterocycles. The molecular formula is C12H20N4O. The van der Waals surface area contributed by atoms with Gasteiger partial charge in [-0.25, -0.2) is 4.98 Å². The number of likely N-dealkylation sites (N-methyl/N-ethyl adjacent to an activating group) is 2. The lowest BCUT2D eigenvalue weighted by molar-refractivity contribution is -0.117. The van der Waals surface area contributed by atoms with Crippen molar-refractivity contribution in [2.24, 2.45) is 0 Å². The number of nitrogens with zero attached hydrogens (tertiary/aromatic N) is 3. The van der Waals surface area contributed by atoms with Gasteiger partial charge in [0.25, 0.3) is 0 Å². The molecule has 0 spiro atoms. The van der Waals surface area contributed by atoms with Crippen LogP contribution in [0.15, 0.2) is 24.4 Å². The summed E-state index contributed by atoms with van der Waals surface area (Å²) in [5.74, 6) is 0.559. The number of aromatic nitrogens is 1. The van der Waals surface area contributed by atoms with Crippen LogP contribution in [-0.2, 0) is 4.79 Å². The normalized spacial score (nSPS) is 10.9. The molecule has 0 aliphatic carbocycles. The number of nitrogens with one attached hydrogen (secondary N) is 1. The van der Waals surface area contributed by atoms with Gasteiger partial charge in [0.1, 0.15) is 5.82 Å². The molecule has 0 fully saturated rings. The molecule has 0 aliphatic rings. The third kappa shape index (κ3) is 5.99. The molecule has 94 valence electrons. The minimum Gasteiger partial charge on any atom is -0.310 e. The van der Waals surface area contributed by atoms with Crippen molar-refractivity contribution in [1.29, 1.82) is 0 Å². The van der Waals surface area contributed by atoms with E-state index in [9.17, 15) is 4.79 Å². The van der Waals surface area contributed by atoms with Gasteiger partial charge in [-0.05, 0) is 33.3 Å². The van der Waals surface area contributed by atoms with Crippen molar-refractivity contribution >= 4 is 11.7 Å². The smallest absolute Gasteiger partial charge is 0.239 e.